The summed E-state index contributed by atoms with van der Waals surface area (Å²) in [6, 6.07) is 0. The molecule has 82 valence electrons. The summed E-state index contributed by atoms with van der Waals surface area (Å²) < 4.78 is 5.04. The Kier molecular flexibility index (Phi) is 2.80. The summed E-state index contributed by atoms with van der Waals surface area (Å²) in [5, 5.41) is 0. The van der Waals surface area contributed by atoms with E-state index in [1.54, 1.807) is 0 Å². The zero-order valence-corrected chi connectivity index (χ0v) is 9.35. The monoisotopic (exact) mass is 207 g/mol. The van der Waals surface area contributed by atoms with Crippen molar-refractivity contribution in [3.63, 3.8) is 0 Å². The van der Waals surface area contributed by atoms with E-state index in [0.29, 0.717) is 12.3 Å². The lowest BCUT2D eigenvalue weighted by Crippen LogP contribution is -2.10. The van der Waals surface area contributed by atoms with Gasteiger partial charge >= 0.3 is 5.97 Å². The largest absolute Gasteiger partial charge is 0.461 e. The number of fused-ring (bicyclic) bond motifs is 1. The number of carbonyl (C=O) groups excluding carboxylic acids is 1. The van der Waals surface area contributed by atoms with Crippen molar-refractivity contribution in [2.24, 2.45) is 0 Å². The molecule has 1 aliphatic carbocycles. The number of rotatable bonds is 2. The summed E-state index contributed by atoms with van der Waals surface area (Å²) in [6.07, 6.45) is 4.51. The van der Waals surface area contributed by atoms with Crippen molar-refractivity contribution in [2.45, 2.75) is 39.5 Å². The van der Waals surface area contributed by atoms with Crippen molar-refractivity contribution >= 4 is 5.97 Å². The molecule has 15 heavy (non-hydrogen) atoms. The molecule has 0 saturated heterocycles. The first-order valence-electron chi connectivity index (χ1n) is 5.61. The molecule has 0 spiro atoms. The van der Waals surface area contributed by atoms with E-state index in [9.17, 15) is 4.79 Å². The molecule has 3 heteroatoms. The van der Waals surface area contributed by atoms with E-state index in [2.05, 4.69) is 4.98 Å². The van der Waals surface area contributed by atoms with Gasteiger partial charge in [-0.1, -0.05) is 0 Å². The number of hydrogen-bond acceptors (Lipinski definition) is 2. The van der Waals surface area contributed by atoms with Gasteiger partial charge in [-0.3, -0.25) is 0 Å². The third-order valence-corrected chi connectivity index (χ3v) is 3.01. The predicted molar refractivity (Wildman–Crippen MR) is 58.1 cm³/mol. The van der Waals surface area contributed by atoms with Crippen molar-refractivity contribution in [1.29, 1.82) is 0 Å². The quantitative estimate of drug-likeness (QED) is 0.756. The number of aryl methyl sites for hydroxylation is 1. The Morgan fingerprint density at radius 2 is 2.00 bits per heavy atom. The van der Waals surface area contributed by atoms with Gasteiger partial charge in [0.05, 0.1) is 6.61 Å². The van der Waals surface area contributed by atoms with E-state index in [4.69, 9.17) is 4.74 Å². The molecule has 1 aromatic heterocycles. The lowest BCUT2D eigenvalue weighted by Gasteiger charge is -2.12. The highest BCUT2D eigenvalue weighted by Gasteiger charge is 2.22. The van der Waals surface area contributed by atoms with Crippen LogP contribution in [0.2, 0.25) is 0 Å². The molecule has 0 aliphatic heterocycles. The number of carbonyl (C=O) groups is 1. The second-order valence-corrected chi connectivity index (χ2v) is 4.01. The molecule has 0 fully saturated rings. The van der Waals surface area contributed by atoms with E-state index in [1.165, 1.54) is 24.0 Å². The summed E-state index contributed by atoms with van der Waals surface area (Å²) in [5.41, 5.74) is 4.35. The molecule has 0 bridgehead atoms. The second-order valence-electron chi connectivity index (χ2n) is 4.01. The van der Waals surface area contributed by atoms with Gasteiger partial charge in [-0.05, 0) is 50.7 Å². The van der Waals surface area contributed by atoms with Crippen LogP contribution in [0, 0.1) is 6.92 Å². The Morgan fingerprint density at radius 3 is 2.67 bits per heavy atom. The van der Waals surface area contributed by atoms with Crippen LogP contribution in [-0.2, 0) is 17.6 Å². The van der Waals surface area contributed by atoms with Crippen LogP contribution in [0.4, 0.5) is 0 Å². The van der Waals surface area contributed by atoms with Crippen LogP contribution in [0.25, 0.3) is 0 Å². The standard InChI is InChI=1S/C12H17NO2/c1-3-15-12(14)11-10-7-5-4-6-9(10)8(2)13-11/h13H,3-7H2,1-2H3. The van der Waals surface area contributed by atoms with Gasteiger partial charge in [0.2, 0.25) is 0 Å². The molecule has 1 aliphatic rings. The van der Waals surface area contributed by atoms with Crippen molar-refractivity contribution < 1.29 is 9.53 Å². The molecule has 0 saturated carbocycles. The number of esters is 1. The van der Waals surface area contributed by atoms with E-state index in [-0.39, 0.29) is 5.97 Å². The highest BCUT2D eigenvalue weighted by Crippen LogP contribution is 2.27. The van der Waals surface area contributed by atoms with Gasteiger partial charge in [0, 0.05) is 5.69 Å². The maximum atomic E-state index is 11.7. The third kappa shape index (κ3) is 1.78. The van der Waals surface area contributed by atoms with Gasteiger partial charge in [-0.2, -0.15) is 0 Å². The molecule has 1 heterocycles. The first-order valence-corrected chi connectivity index (χ1v) is 5.61. The van der Waals surface area contributed by atoms with Crippen molar-refractivity contribution in [3.05, 3.63) is 22.5 Å². The topological polar surface area (TPSA) is 42.1 Å². The molecule has 1 N–H and O–H groups in total. The Bertz CT molecular complexity index is 379. The van der Waals surface area contributed by atoms with Gasteiger partial charge in [0.25, 0.3) is 0 Å². The van der Waals surface area contributed by atoms with Gasteiger partial charge in [0.1, 0.15) is 5.69 Å². The van der Waals surface area contributed by atoms with Crippen LogP contribution >= 0.6 is 0 Å². The van der Waals surface area contributed by atoms with Crippen LogP contribution < -0.4 is 0 Å². The normalized spacial score (nSPS) is 14.8. The van der Waals surface area contributed by atoms with Crippen LogP contribution in [0.5, 0.6) is 0 Å². The molecule has 0 radical (unpaired) electrons. The lowest BCUT2D eigenvalue weighted by molar-refractivity contribution is 0.0518. The summed E-state index contributed by atoms with van der Waals surface area (Å²) in [5.74, 6) is -0.205. The van der Waals surface area contributed by atoms with E-state index < -0.39 is 0 Å². The average molecular weight is 207 g/mol. The van der Waals surface area contributed by atoms with E-state index in [0.717, 1.165) is 18.5 Å². The third-order valence-electron chi connectivity index (χ3n) is 3.01. The highest BCUT2D eigenvalue weighted by atomic mass is 16.5. The lowest BCUT2D eigenvalue weighted by atomic mass is 9.92. The first kappa shape index (κ1) is 10.3. The van der Waals surface area contributed by atoms with Crippen molar-refractivity contribution in [2.75, 3.05) is 6.61 Å². The van der Waals surface area contributed by atoms with Gasteiger partial charge in [-0.15, -0.1) is 0 Å². The Labute approximate surface area is 89.8 Å². The number of nitrogens with one attached hydrogen (secondary N) is 1. The van der Waals surface area contributed by atoms with Crippen LogP contribution in [0.1, 0.15) is 47.1 Å². The fourth-order valence-electron chi connectivity index (χ4n) is 2.31. The van der Waals surface area contributed by atoms with Gasteiger partial charge in [-0.25, -0.2) is 4.79 Å². The van der Waals surface area contributed by atoms with E-state index >= 15 is 0 Å². The number of aromatic amines is 1. The van der Waals surface area contributed by atoms with E-state index in [1.807, 2.05) is 13.8 Å². The number of ether oxygens (including phenoxy) is 1. The minimum Gasteiger partial charge on any atom is -0.461 e. The Balaban J connectivity index is 2.35. The molecule has 2 rings (SSSR count). The minimum atomic E-state index is -0.205. The maximum absolute atomic E-state index is 11.7. The summed E-state index contributed by atoms with van der Waals surface area (Å²) >= 11 is 0. The Hall–Kier alpha value is -1.25. The molecule has 0 aromatic carbocycles. The smallest absolute Gasteiger partial charge is 0.355 e. The predicted octanol–water partition coefficient (Wildman–Crippen LogP) is 2.38. The SMILES string of the molecule is CCOC(=O)c1[nH]c(C)c2c1CCCC2. The number of aromatic nitrogens is 1. The molecule has 0 atom stereocenters. The van der Waals surface area contributed by atoms with Gasteiger partial charge < -0.3 is 9.72 Å². The average Bonchev–Trinajstić information content (AvgIpc) is 2.58. The summed E-state index contributed by atoms with van der Waals surface area (Å²) in [6.45, 7) is 4.30. The van der Waals surface area contributed by atoms with Crippen LogP contribution in [0.3, 0.4) is 0 Å². The van der Waals surface area contributed by atoms with Gasteiger partial charge in [0.15, 0.2) is 0 Å². The molecule has 0 amide bonds. The minimum absolute atomic E-state index is 0.205. The maximum Gasteiger partial charge on any atom is 0.355 e. The van der Waals surface area contributed by atoms with Crippen LogP contribution in [-0.4, -0.2) is 17.6 Å². The fourth-order valence-corrected chi connectivity index (χ4v) is 2.31. The zero-order chi connectivity index (χ0) is 10.8. The molecule has 3 nitrogen and oxygen atoms in total. The first-order chi connectivity index (χ1) is 7.24. The zero-order valence-electron chi connectivity index (χ0n) is 9.35. The number of H-pyrrole nitrogens is 1. The molecule has 1 aromatic rings. The fraction of sp³-hybridized carbons (Fsp3) is 0.583. The Morgan fingerprint density at radius 1 is 1.33 bits per heavy atom. The second kappa shape index (κ2) is 4.09. The van der Waals surface area contributed by atoms with Crippen LogP contribution in [0.15, 0.2) is 0 Å². The number of hydrogen-bond donors (Lipinski definition) is 1. The van der Waals surface area contributed by atoms with Crippen molar-refractivity contribution in [1.82, 2.24) is 4.98 Å². The summed E-state index contributed by atoms with van der Waals surface area (Å²) in [7, 11) is 0. The molecular formula is C12H17NO2. The highest BCUT2D eigenvalue weighted by molar-refractivity contribution is 5.90. The molecular weight excluding hydrogens is 190 g/mol. The summed E-state index contributed by atoms with van der Waals surface area (Å²) in [4.78, 5) is 14.8. The molecule has 0 unspecified atom stereocenters. The van der Waals surface area contributed by atoms with Crippen molar-refractivity contribution in [3.8, 4) is 0 Å².